The molecule has 0 unspecified atom stereocenters. The fourth-order valence-electron chi connectivity index (χ4n) is 2.45. The molecule has 0 aliphatic heterocycles. The monoisotopic (exact) mass is 533 g/mol. The van der Waals surface area contributed by atoms with Crippen molar-refractivity contribution in [2.75, 3.05) is 11.1 Å². The molecule has 6 N–H and O–H groups in total. The van der Waals surface area contributed by atoms with E-state index in [9.17, 15) is 26.8 Å². The number of nitrogens with zero attached hydrogens (tertiary/aromatic N) is 1. The number of phenolic OH excluding ortho intramolecular Hbond substituents is 1. The Hall–Kier alpha value is -2.98. The number of amides is 1. The Bertz CT molecular complexity index is 1220. The van der Waals surface area contributed by atoms with E-state index in [4.69, 9.17) is 25.5 Å². The number of pyridine rings is 1. The summed E-state index contributed by atoms with van der Waals surface area (Å²) in [7, 11) is 0. The number of nitrogen functional groups attached to an aromatic ring is 1. The molecule has 1 aromatic heterocycles. The Morgan fingerprint density at radius 2 is 1.78 bits per heavy atom. The second-order valence-corrected chi connectivity index (χ2v) is 9.91. The largest absolute Gasteiger partial charge is 0.396 e. The van der Waals surface area contributed by atoms with Crippen LogP contribution in [0.25, 0.3) is 11.3 Å². The molecule has 3 aromatic rings. The van der Waals surface area contributed by atoms with Gasteiger partial charge in [0.2, 0.25) is 0 Å². The Labute approximate surface area is 187 Å². The van der Waals surface area contributed by atoms with Gasteiger partial charge >= 0.3 is 88.1 Å². The van der Waals surface area contributed by atoms with Crippen molar-refractivity contribution < 1.29 is 35.0 Å². The van der Waals surface area contributed by atoms with E-state index in [2.05, 4.69) is 10.3 Å². The van der Waals surface area contributed by atoms with Crippen molar-refractivity contribution in [1.82, 2.24) is 4.98 Å². The van der Waals surface area contributed by atoms with Gasteiger partial charge in [0.25, 0.3) is 0 Å². The van der Waals surface area contributed by atoms with Crippen LogP contribution in [0.4, 0.5) is 24.5 Å². The van der Waals surface area contributed by atoms with E-state index in [0.29, 0.717) is 6.07 Å². The van der Waals surface area contributed by atoms with Gasteiger partial charge < -0.3 is 5.73 Å². The van der Waals surface area contributed by atoms with Crippen molar-refractivity contribution in [2.45, 2.75) is 6.92 Å². The summed E-state index contributed by atoms with van der Waals surface area (Å²) in [5, 5.41) is 11.7. The fourth-order valence-corrected chi connectivity index (χ4v) is 3.94. The second-order valence-electron chi connectivity index (χ2n) is 6.22. The van der Waals surface area contributed by atoms with Gasteiger partial charge in [-0.2, -0.15) is 0 Å². The van der Waals surface area contributed by atoms with E-state index in [1.165, 1.54) is 31.2 Å². The van der Waals surface area contributed by atoms with E-state index >= 15 is 0 Å². The standard InChI is InChI=1S/C11H6ClF3N2.C8H10AsNO5/c12-8-3-1-2-7(17-8)9-5(13)4-6(16)10(14)11(9)15;1-5(11)10-6-2-3-7(8(12)4-6)9(13,14)15/h1-4H,16H2;2-4,12H,1H3,(H,10,11)(H2,13,14,15). The molecule has 0 bridgehead atoms. The Morgan fingerprint density at radius 1 is 1.12 bits per heavy atom. The molecule has 2 aromatic carbocycles. The summed E-state index contributed by atoms with van der Waals surface area (Å²) in [6, 6.07) is 8.43. The van der Waals surface area contributed by atoms with Crippen molar-refractivity contribution in [1.29, 1.82) is 0 Å². The molecule has 0 radical (unpaired) electrons. The number of nitrogens with two attached hydrogens (primary N) is 1. The van der Waals surface area contributed by atoms with E-state index in [1.54, 1.807) is 0 Å². The minimum absolute atomic E-state index is 0.0542. The third kappa shape index (κ3) is 6.27. The van der Waals surface area contributed by atoms with Gasteiger partial charge in [0, 0.05) is 6.07 Å². The first-order chi connectivity index (χ1) is 14.8. The van der Waals surface area contributed by atoms with Crippen LogP contribution in [0.1, 0.15) is 6.92 Å². The maximum absolute atomic E-state index is 13.6. The molecule has 13 heteroatoms. The molecule has 0 saturated heterocycles. The first kappa shape index (κ1) is 25.3. The molecule has 32 heavy (non-hydrogen) atoms. The van der Waals surface area contributed by atoms with Crippen LogP contribution in [0.5, 0.6) is 5.75 Å². The van der Waals surface area contributed by atoms with Gasteiger partial charge in [-0.3, -0.25) is 0 Å². The molecule has 3 rings (SSSR count). The zero-order valence-electron chi connectivity index (χ0n) is 16.2. The topological polar surface area (TPSA) is 146 Å². The summed E-state index contributed by atoms with van der Waals surface area (Å²) in [4.78, 5) is 14.4. The van der Waals surface area contributed by atoms with Gasteiger partial charge in [-0.1, -0.05) is 17.7 Å². The molecule has 170 valence electrons. The predicted molar refractivity (Wildman–Crippen MR) is 112 cm³/mol. The Balaban J connectivity index is 0.000000229. The molecule has 0 aliphatic carbocycles. The smallest absolute Gasteiger partial charge is 0.182 e. The number of halogens is 4. The minimum Gasteiger partial charge on any atom is -0.396 e. The fraction of sp³-hybridized carbons (Fsp3) is 0.0526. The van der Waals surface area contributed by atoms with Crippen LogP contribution in [0.15, 0.2) is 42.5 Å². The average Bonchev–Trinajstić information content (AvgIpc) is 2.65. The van der Waals surface area contributed by atoms with Gasteiger partial charge in [0.1, 0.15) is 11.0 Å². The molecule has 0 fully saturated rings. The maximum atomic E-state index is 13.6. The quantitative estimate of drug-likeness (QED) is 0.150. The first-order valence-electron chi connectivity index (χ1n) is 8.54. The molecule has 0 aliphatic rings. The van der Waals surface area contributed by atoms with Gasteiger partial charge in [-0.15, -0.1) is 0 Å². The average molecular weight is 534 g/mol. The number of aromatic hydroxyl groups is 1. The number of hydrogen-bond acceptors (Lipinski definition) is 5. The van der Waals surface area contributed by atoms with Crippen molar-refractivity contribution in [3.63, 3.8) is 0 Å². The number of carbonyl (C=O) groups excluding carboxylic acids is 1. The normalized spacial score (nSPS) is 10.8. The number of rotatable bonds is 3. The van der Waals surface area contributed by atoms with Crippen LogP contribution < -0.4 is 15.4 Å². The summed E-state index contributed by atoms with van der Waals surface area (Å²) >= 11 is 0.509. The van der Waals surface area contributed by atoms with E-state index in [1.807, 2.05) is 0 Å². The third-order valence-electron chi connectivity index (χ3n) is 3.77. The molecule has 1 amide bonds. The van der Waals surface area contributed by atoms with Crippen molar-refractivity contribution in [2.24, 2.45) is 0 Å². The van der Waals surface area contributed by atoms with E-state index < -0.39 is 53.0 Å². The van der Waals surface area contributed by atoms with Crippen molar-refractivity contribution >= 4 is 47.4 Å². The summed E-state index contributed by atoms with van der Waals surface area (Å²) < 4.78 is 68.6. The van der Waals surface area contributed by atoms with Crippen LogP contribution in [0.3, 0.4) is 0 Å². The number of nitrogens with one attached hydrogen (secondary N) is 1. The van der Waals surface area contributed by atoms with Gasteiger partial charge in [0.05, 0.1) is 16.9 Å². The Kier molecular flexibility index (Phi) is 7.97. The first-order valence-corrected chi connectivity index (χ1v) is 12.3. The zero-order chi connectivity index (χ0) is 24.2. The zero-order valence-corrected chi connectivity index (χ0v) is 18.8. The summed E-state index contributed by atoms with van der Waals surface area (Å²) in [5.74, 6) is -4.52. The number of phenols is 1. The van der Waals surface area contributed by atoms with Crippen LogP contribution in [-0.2, 0) is 8.53 Å². The van der Waals surface area contributed by atoms with E-state index in [-0.39, 0.29) is 22.4 Å². The molecule has 1 heterocycles. The number of hydrogen-bond donors (Lipinski definition) is 5. The van der Waals surface area contributed by atoms with Crippen LogP contribution in [-0.4, -0.2) is 38.4 Å². The minimum atomic E-state index is -5.09. The van der Waals surface area contributed by atoms with E-state index in [0.717, 1.165) is 12.1 Å². The number of benzene rings is 2. The summed E-state index contributed by atoms with van der Waals surface area (Å²) in [5.41, 5.74) is 4.11. The van der Waals surface area contributed by atoms with Crippen molar-refractivity contribution in [3.05, 3.63) is 65.1 Å². The van der Waals surface area contributed by atoms with Crippen LogP contribution >= 0.6 is 11.6 Å². The summed E-state index contributed by atoms with van der Waals surface area (Å²) in [6.07, 6.45) is 0. The molecular formula is C19H16AsClF3N3O5. The van der Waals surface area contributed by atoms with Crippen molar-refractivity contribution in [3.8, 4) is 17.0 Å². The summed E-state index contributed by atoms with van der Waals surface area (Å²) in [6.45, 7) is 1.29. The van der Waals surface area contributed by atoms with Crippen LogP contribution in [0.2, 0.25) is 5.15 Å². The van der Waals surface area contributed by atoms with Gasteiger partial charge in [-0.05, 0) is 12.1 Å². The van der Waals surface area contributed by atoms with Gasteiger partial charge in [0.15, 0.2) is 11.6 Å². The third-order valence-corrected chi connectivity index (χ3v) is 6.09. The molecular weight excluding hydrogens is 518 g/mol. The van der Waals surface area contributed by atoms with Crippen LogP contribution in [0, 0.1) is 17.5 Å². The Morgan fingerprint density at radius 3 is 2.31 bits per heavy atom. The molecule has 0 saturated carbocycles. The molecule has 0 spiro atoms. The number of carbonyl (C=O) groups is 1. The number of aromatic nitrogens is 1. The number of anilines is 2. The predicted octanol–water partition coefficient (Wildman–Crippen LogP) is 2.31. The maximum Gasteiger partial charge on any atom is 0.182 e. The SMILES string of the molecule is CC(=O)Nc1ccc([As](=O)(O)O)c(O)c1.Nc1cc(F)c(-c2cccc(Cl)n2)c(F)c1F. The second kappa shape index (κ2) is 10.1. The molecule has 0 atom stereocenters. The van der Waals surface area contributed by atoms with Gasteiger partial charge in [-0.25, -0.2) is 18.2 Å². The molecule has 8 nitrogen and oxygen atoms in total.